The second-order valence-corrected chi connectivity index (χ2v) is 28.5. The number of nitrogens with two attached hydrogens (primary N) is 4. The molecule has 0 radical (unpaired) electrons. The van der Waals surface area contributed by atoms with Gasteiger partial charge in [-0.3, -0.25) is 81.5 Å². The fourth-order valence-corrected chi connectivity index (χ4v) is 12.1. The monoisotopic (exact) mass is 1590 g/mol. The maximum atomic E-state index is 15.2. The molecule has 5 aromatic rings. The molecule has 24 N–H and O–H groups in total. The summed E-state index contributed by atoms with van der Waals surface area (Å²) >= 11 is 0. The van der Waals surface area contributed by atoms with Crippen LogP contribution in [0.4, 0.5) is 0 Å². The molecule has 0 saturated carbocycles. The molecular formula is C75H98N18O21. The molecule has 0 aliphatic carbocycles. The second kappa shape index (κ2) is 41.3. The maximum absolute atomic E-state index is 15.2. The van der Waals surface area contributed by atoms with Crippen molar-refractivity contribution in [3.63, 3.8) is 0 Å². The topological polar surface area (TPSA) is 633 Å². The van der Waals surface area contributed by atoms with E-state index >= 15 is 9.59 Å². The van der Waals surface area contributed by atoms with E-state index in [-0.39, 0.29) is 45.1 Å². The Bertz CT molecular complexity index is 4450. The molecule has 6 rings (SSSR count). The number of carboxylic acids is 1. The zero-order chi connectivity index (χ0) is 84.5. The van der Waals surface area contributed by atoms with Crippen LogP contribution in [0.1, 0.15) is 116 Å². The van der Waals surface area contributed by atoms with E-state index in [9.17, 15) is 86.9 Å². The van der Waals surface area contributed by atoms with Gasteiger partial charge in [0.1, 0.15) is 77.2 Å². The molecule has 2 heterocycles. The van der Waals surface area contributed by atoms with E-state index < -0.39 is 223 Å². The van der Waals surface area contributed by atoms with Gasteiger partial charge in [0, 0.05) is 56.3 Å². The minimum Gasteiger partial charge on any atom is -0.497 e. The van der Waals surface area contributed by atoms with Crippen LogP contribution >= 0.6 is 0 Å². The molecule has 0 bridgehead atoms. The number of carbonyl (C=O) groups is 18. The first-order valence-electron chi connectivity index (χ1n) is 36.3. The minimum absolute atomic E-state index is 0.0330. The van der Waals surface area contributed by atoms with Gasteiger partial charge in [0.2, 0.25) is 100 Å². The first-order valence-corrected chi connectivity index (χ1v) is 36.3. The lowest BCUT2D eigenvalue weighted by Crippen LogP contribution is -2.65. The molecule has 11 atom stereocenters. The van der Waals surface area contributed by atoms with Gasteiger partial charge in [-0.15, -0.1) is 0 Å². The number of amides is 17. The van der Waals surface area contributed by atoms with E-state index in [1.807, 2.05) is 11.4 Å². The zero-order valence-corrected chi connectivity index (χ0v) is 63.7. The molecular weight excluding hydrogens is 1490 g/mol. The van der Waals surface area contributed by atoms with Crippen molar-refractivity contribution in [2.24, 2.45) is 22.9 Å². The molecule has 39 nitrogen and oxygen atoms in total. The largest absolute Gasteiger partial charge is 0.497 e. The summed E-state index contributed by atoms with van der Waals surface area (Å²) in [6, 6.07) is 6.90. The quantitative estimate of drug-likeness (QED) is 0.0291. The van der Waals surface area contributed by atoms with Crippen molar-refractivity contribution in [1.29, 1.82) is 0 Å². The number of aromatic amines is 1. The number of primary amides is 4. The summed E-state index contributed by atoms with van der Waals surface area (Å²) in [4.78, 5) is 252. The molecule has 1 fully saturated rings. The summed E-state index contributed by atoms with van der Waals surface area (Å²) in [7, 11) is 1.41. The summed E-state index contributed by atoms with van der Waals surface area (Å²) in [5, 5.41) is 54.5. The highest BCUT2D eigenvalue weighted by atomic mass is 16.5. The van der Waals surface area contributed by atoms with Crippen LogP contribution in [0.25, 0.3) is 21.7 Å². The average molecular weight is 1590 g/mol. The maximum Gasteiger partial charge on any atom is 0.326 e. The van der Waals surface area contributed by atoms with Crippen molar-refractivity contribution in [2.45, 2.75) is 196 Å². The molecule has 1 aromatic heterocycles. The van der Waals surface area contributed by atoms with Gasteiger partial charge in [0.15, 0.2) is 0 Å². The third-order valence-corrected chi connectivity index (χ3v) is 18.3. The second-order valence-electron chi connectivity index (χ2n) is 28.5. The number of rotatable bonds is 23. The van der Waals surface area contributed by atoms with Crippen LogP contribution in [-0.4, -0.2) is 213 Å². The zero-order valence-electron chi connectivity index (χ0n) is 63.7. The van der Waals surface area contributed by atoms with E-state index in [2.05, 4.69) is 68.8 Å². The number of fused-ring (bicyclic) bond motifs is 2. The molecule has 1 aliphatic rings. The lowest BCUT2D eigenvalue weighted by atomic mass is 9.97. The number of methoxy groups -OCH3 is 1. The molecule has 17 amide bonds. The summed E-state index contributed by atoms with van der Waals surface area (Å²) in [6.45, 7) is 6.62. The number of para-hydroxylation sites is 1. The SMILES string of the molecule is COc1ccc(C[C@@H]2NC(=O)C(C)(C)NC(=O)[C@H](CCC(N)=O)NC(=O)[C@H](Cc3c[nH]c4ccccc34)NC(=O)C([C@@H](C)O)NC(=O)[C@H](CC(N)=O)NC(=O)C(NC(C)=O)CCCCNC(=O)C[C@H](C(=O)N[C@@H](CC(N)=O)C(=O)N[C@@H](CC(N)=O)C(=O)O)NC(=O)C(C)(C)NC(=O)[C@H](Cc3ccc4ccccc4c3)NC2=O)cc1. The van der Waals surface area contributed by atoms with Crippen molar-refractivity contribution < 1.29 is 101 Å². The lowest BCUT2D eigenvalue weighted by Gasteiger charge is -2.32. The summed E-state index contributed by atoms with van der Waals surface area (Å²) in [6.07, 6.45) is -6.71. The van der Waals surface area contributed by atoms with Crippen molar-refractivity contribution >= 4 is 128 Å². The number of ether oxygens (including phenoxy) is 1. The smallest absolute Gasteiger partial charge is 0.326 e. The first kappa shape index (κ1) is 89.8. The van der Waals surface area contributed by atoms with Crippen molar-refractivity contribution in [3.05, 3.63) is 114 Å². The average Bonchev–Trinajstić information content (AvgIpc) is 1.73. The lowest BCUT2D eigenvalue weighted by molar-refractivity contribution is -0.144. The van der Waals surface area contributed by atoms with Crippen LogP contribution in [-0.2, 0) is 106 Å². The highest BCUT2D eigenvalue weighted by molar-refractivity contribution is 6.03. The van der Waals surface area contributed by atoms with E-state index in [0.29, 0.717) is 38.7 Å². The van der Waals surface area contributed by atoms with Gasteiger partial charge in [-0.1, -0.05) is 72.8 Å². The van der Waals surface area contributed by atoms with Crippen molar-refractivity contribution in [3.8, 4) is 5.75 Å². The molecule has 0 spiro atoms. The van der Waals surface area contributed by atoms with Crippen LogP contribution in [0.5, 0.6) is 5.75 Å². The summed E-state index contributed by atoms with van der Waals surface area (Å²) in [5.41, 5.74) is 19.3. The normalized spacial score (nSPS) is 21.8. The van der Waals surface area contributed by atoms with Crippen LogP contribution in [0, 0.1) is 0 Å². The van der Waals surface area contributed by atoms with E-state index in [0.717, 1.165) is 33.1 Å². The van der Waals surface area contributed by atoms with Crippen LogP contribution in [0.15, 0.2) is 97.2 Å². The van der Waals surface area contributed by atoms with E-state index in [1.54, 1.807) is 84.9 Å². The molecule has 2 unspecified atom stereocenters. The molecule has 1 aliphatic heterocycles. The number of aliphatic hydroxyl groups is 1. The van der Waals surface area contributed by atoms with Crippen molar-refractivity contribution in [2.75, 3.05) is 13.7 Å². The highest BCUT2D eigenvalue weighted by Crippen LogP contribution is 2.22. The summed E-state index contributed by atoms with van der Waals surface area (Å²) in [5.74, 6) is -20.7. The van der Waals surface area contributed by atoms with Gasteiger partial charge < -0.3 is 112 Å². The third-order valence-electron chi connectivity index (χ3n) is 18.3. The van der Waals surface area contributed by atoms with Crippen molar-refractivity contribution in [1.82, 2.24) is 74.1 Å². The van der Waals surface area contributed by atoms with Gasteiger partial charge in [-0.25, -0.2) is 4.79 Å². The molecule has 39 heteroatoms. The van der Waals surface area contributed by atoms with Crippen LogP contribution in [0.3, 0.4) is 0 Å². The van der Waals surface area contributed by atoms with Gasteiger partial charge in [-0.2, -0.15) is 0 Å². The first-order chi connectivity index (χ1) is 53.6. The van der Waals surface area contributed by atoms with Crippen LogP contribution < -0.4 is 96.8 Å². The Morgan fingerprint density at radius 3 is 1.72 bits per heavy atom. The van der Waals surface area contributed by atoms with E-state index in [4.69, 9.17) is 27.7 Å². The van der Waals surface area contributed by atoms with Gasteiger partial charge in [-0.05, 0) is 106 Å². The van der Waals surface area contributed by atoms with Gasteiger partial charge >= 0.3 is 5.97 Å². The number of benzene rings is 4. The molecule has 1 saturated heterocycles. The summed E-state index contributed by atoms with van der Waals surface area (Å²) < 4.78 is 5.35. The van der Waals surface area contributed by atoms with Gasteiger partial charge in [0.25, 0.3) is 0 Å². The highest BCUT2D eigenvalue weighted by Gasteiger charge is 2.42. The Labute approximate surface area is 653 Å². The predicted molar refractivity (Wildman–Crippen MR) is 406 cm³/mol. The van der Waals surface area contributed by atoms with Crippen LogP contribution in [0.2, 0.25) is 0 Å². The Balaban J connectivity index is 1.46. The predicted octanol–water partition coefficient (Wildman–Crippen LogP) is -4.94. The third kappa shape index (κ3) is 27.4. The number of carbonyl (C=O) groups excluding carboxylic acids is 17. The fourth-order valence-electron chi connectivity index (χ4n) is 12.1. The van der Waals surface area contributed by atoms with E-state index in [1.165, 1.54) is 27.2 Å². The number of aromatic nitrogens is 1. The minimum atomic E-state index is -2.18. The number of hydrogen-bond acceptors (Lipinski definition) is 20. The molecule has 114 heavy (non-hydrogen) atoms. The Morgan fingerprint density at radius 1 is 0.570 bits per heavy atom. The number of carboxylic acid groups (broad SMARTS) is 1. The number of aliphatic hydroxyl groups excluding tert-OH is 1. The number of aliphatic carboxylic acids is 1. The Hall–Kier alpha value is -13.1. The number of hydrogen-bond donors (Lipinski definition) is 20. The van der Waals surface area contributed by atoms with Gasteiger partial charge in [0.05, 0.1) is 38.9 Å². The fraction of sp³-hybridized carbons (Fsp3) is 0.440. The standard InChI is InChI=1S/C75H98N18O21/c1-37(94)61-70(109)87-51(31-43-36-81-46-17-11-10-16-45(43)46)64(103)83-48(25-26-56(76)96)68(107)92-74(3,4)72(112)89-49(29-39-20-23-44(114-7)24-21-39)63(102)84-50(30-40-19-22-41-14-8-9-15-42(41)28-40)69(108)93-75(5,6)73(113)90-54(66(105)86-52(32-57(77)97)65(104)88-55(71(110)111)34-59(79)99)35-60(100)80-27-13-12-18-47(82-38(2)95)62(101)85-53(33-58(78)98)67(106)91-61/h8-11,14-17,19-24,28,36-37,47-55,61,81,94H,12-13,18,25-27,29-35H2,1-7H3,(H2,76,96)(H2,77,97)(H2,78,98)(H2,79,99)(H,80,100)(H,82,95)(H,83,103)(H,84,102)(H,85,101)(H,86,105)(H,87,109)(H,88,104)(H,89,112)(H,90,113)(H,91,106)(H,92,107)(H,93,108)(H,110,111)/t37-,47?,48+,49+,50+,51+,52+,53+,54-,55+,61?/m1/s1. The Morgan fingerprint density at radius 2 is 1.11 bits per heavy atom. The molecule has 4 aromatic carbocycles. The number of nitrogens with one attached hydrogen (secondary N) is 14. The number of H-pyrrole nitrogens is 1. The molecule has 614 valence electrons. The Kier molecular flexibility index (Phi) is 32.5.